The lowest BCUT2D eigenvalue weighted by Crippen LogP contribution is -2.40. The number of thiazole rings is 1. The number of para-hydroxylation sites is 1. The molecule has 1 atom stereocenters. The normalized spacial score (nSPS) is 14.7. The van der Waals surface area contributed by atoms with E-state index in [1.807, 2.05) is 38.1 Å². The van der Waals surface area contributed by atoms with Crippen molar-refractivity contribution in [2.75, 3.05) is 33.5 Å². The van der Waals surface area contributed by atoms with Crippen LogP contribution < -0.4 is 29.1 Å². The number of rotatable bonds is 11. The van der Waals surface area contributed by atoms with Gasteiger partial charge in [-0.3, -0.25) is 9.36 Å². The number of hydrogen-bond acceptors (Lipinski definition) is 10. The summed E-state index contributed by atoms with van der Waals surface area (Å²) in [5.74, 6) is 0.208. The van der Waals surface area contributed by atoms with Gasteiger partial charge in [0.2, 0.25) is 0 Å². The number of esters is 2. The molecule has 1 aliphatic rings. The molecule has 0 fully saturated rings. The molecular weight excluding hydrogens is 548 g/mol. The van der Waals surface area contributed by atoms with Crippen LogP contribution in [-0.2, 0) is 19.1 Å². The third kappa shape index (κ3) is 6.35. The topological polar surface area (TPSA) is 115 Å². The summed E-state index contributed by atoms with van der Waals surface area (Å²) in [7, 11) is 1.27. The van der Waals surface area contributed by atoms with E-state index in [1.54, 1.807) is 38.1 Å². The van der Waals surface area contributed by atoms with E-state index in [0.29, 0.717) is 51.1 Å². The first-order chi connectivity index (χ1) is 19.8. The van der Waals surface area contributed by atoms with Crippen molar-refractivity contribution in [3.8, 4) is 17.2 Å². The third-order valence-electron chi connectivity index (χ3n) is 6.18. The van der Waals surface area contributed by atoms with E-state index in [-0.39, 0.29) is 24.3 Å². The van der Waals surface area contributed by atoms with Gasteiger partial charge in [-0.1, -0.05) is 35.6 Å². The average molecular weight is 581 g/mol. The molecular formula is C30H32N2O8S. The molecule has 0 spiro atoms. The molecule has 216 valence electrons. The minimum absolute atomic E-state index is 0.158. The Balaban J connectivity index is 1.90. The zero-order valence-corrected chi connectivity index (χ0v) is 24.4. The maximum Gasteiger partial charge on any atom is 0.343 e. The third-order valence-corrected chi connectivity index (χ3v) is 7.16. The van der Waals surface area contributed by atoms with E-state index < -0.39 is 18.0 Å². The summed E-state index contributed by atoms with van der Waals surface area (Å²) < 4.78 is 29.1. The molecule has 0 amide bonds. The van der Waals surface area contributed by atoms with E-state index in [2.05, 4.69) is 9.73 Å². The van der Waals surface area contributed by atoms with Gasteiger partial charge < -0.3 is 23.7 Å². The van der Waals surface area contributed by atoms with Gasteiger partial charge in [-0.15, -0.1) is 0 Å². The summed E-state index contributed by atoms with van der Waals surface area (Å²) >= 11 is 1.22. The van der Waals surface area contributed by atoms with E-state index in [9.17, 15) is 14.4 Å². The highest BCUT2D eigenvalue weighted by molar-refractivity contribution is 7.07. The van der Waals surface area contributed by atoms with E-state index in [4.69, 9.17) is 18.9 Å². The first-order valence-corrected chi connectivity index (χ1v) is 14.0. The molecule has 0 unspecified atom stereocenters. The summed E-state index contributed by atoms with van der Waals surface area (Å²) in [5, 5.41) is 0. The quantitative estimate of drug-likeness (QED) is 0.318. The molecule has 0 bridgehead atoms. The monoisotopic (exact) mass is 580 g/mol. The number of carbonyl (C=O) groups is 2. The minimum Gasteiger partial charge on any atom is -0.493 e. The molecule has 2 heterocycles. The van der Waals surface area contributed by atoms with Crippen molar-refractivity contribution in [2.24, 2.45) is 4.99 Å². The van der Waals surface area contributed by atoms with Crippen molar-refractivity contribution in [3.63, 3.8) is 0 Å². The van der Waals surface area contributed by atoms with Gasteiger partial charge in [0.05, 0.1) is 48.8 Å². The van der Waals surface area contributed by atoms with Crippen molar-refractivity contribution >= 4 is 29.4 Å². The summed E-state index contributed by atoms with van der Waals surface area (Å²) in [6.07, 6.45) is 1.77. The van der Waals surface area contributed by atoms with Crippen LogP contribution >= 0.6 is 11.3 Å². The maximum absolute atomic E-state index is 14.0. The Kier molecular flexibility index (Phi) is 9.61. The Bertz CT molecular complexity index is 1650. The SMILES string of the molecule is CCOC(=O)C1=C(C)N=c2s/c(=C/c3ccccc3OCC)c(=O)n2[C@H]1c1ccc(OCC(=O)OC)c(OCC)c1. The highest BCUT2D eigenvalue weighted by Crippen LogP contribution is 2.36. The standard InChI is InChI=1S/C30H32N2O8S/c1-6-37-21-12-10-9-11-19(21)16-24-28(34)32-27(26(29(35)39-8-3)18(4)31-30(32)41-24)20-13-14-22(23(15-20)38-7-2)40-17-25(33)36-5/h9-16,27H,6-8,17H2,1-5H3/b24-16+/t27-/m0/s1. The number of hydrogen-bond donors (Lipinski definition) is 0. The highest BCUT2D eigenvalue weighted by Gasteiger charge is 2.34. The van der Waals surface area contributed by atoms with Gasteiger partial charge in [-0.2, -0.15) is 0 Å². The van der Waals surface area contributed by atoms with Gasteiger partial charge in [-0.05, 0) is 57.5 Å². The van der Waals surface area contributed by atoms with Crippen LogP contribution in [0.1, 0.15) is 44.9 Å². The van der Waals surface area contributed by atoms with Crippen LogP contribution in [0.3, 0.4) is 0 Å². The summed E-state index contributed by atoms with van der Waals surface area (Å²) in [4.78, 5) is 43.9. The fourth-order valence-corrected chi connectivity index (χ4v) is 5.45. The molecule has 0 N–H and O–H groups in total. The Hall–Kier alpha value is -4.38. The number of methoxy groups -OCH3 is 1. The zero-order valence-electron chi connectivity index (χ0n) is 23.6. The molecule has 11 heteroatoms. The van der Waals surface area contributed by atoms with Gasteiger partial charge in [-0.25, -0.2) is 14.6 Å². The van der Waals surface area contributed by atoms with Crippen molar-refractivity contribution in [2.45, 2.75) is 33.7 Å². The summed E-state index contributed by atoms with van der Waals surface area (Å²) in [6, 6.07) is 11.7. The van der Waals surface area contributed by atoms with Crippen LogP contribution in [0.4, 0.5) is 0 Å². The predicted octanol–water partition coefficient (Wildman–Crippen LogP) is 3.15. The first-order valence-electron chi connectivity index (χ1n) is 13.2. The molecule has 1 aliphatic heterocycles. The Morgan fingerprint density at radius 1 is 0.976 bits per heavy atom. The second kappa shape index (κ2) is 13.3. The van der Waals surface area contributed by atoms with Crippen molar-refractivity contribution in [3.05, 3.63) is 84.5 Å². The predicted molar refractivity (Wildman–Crippen MR) is 153 cm³/mol. The fourth-order valence-electron chi connectivity index (χ4n) is 4.41. The zero-order chi connectivity index (χ0) is 29.5. The number of ether oxygens (including phenoxy) is 5. The number of fused-ring (bicyclic) bond motifs is 1. The summed E-state index contributed by atoms with van der Waals surface area (Å²) in [5.41, 5.74) is 1.70. The molecule has 1 aromatic heterocycles. The molecule has 0 saturated carbocycles. The summed E-state index contributed by atoms with van der Waals surface area (Å²) in [6.45, 7) is 7.80. The number of nitrogens with zero attached hydrogens (tertiary/aromatic N) is 2. The maximum atomic E-state index is 14.0. The van der Waals surface area contributed by atoms with Crippen LogP contribution in [-0.4, -0.2) is 50.0 Å². The van der Waals surface area contributed by atoms with Crippen LogP contribution in [0.15, 0.2) is 63.5 Å². The second-order valence-electron chi connectivity index (χ2n) is 8.78. The van der Waals surface area contributed by atoms with Crippen LogP contribution in [0.5, 0.6) is 17.2 Å². The van der Waals surface area contributed by atoms with Gasteiger partial charge in [0.25, 0.3) is 5.56 Å². The number of aromatic nitrogens is 1. The van der Waals surface area contributed by atoms with Crippen LogP contribution in [0.2, 0.25) is 0 Å². The number of benzene rings is 2. The Labute approximate surface area is 241 Å². The molecule has 10 nitrogen and oxygen atoms in total. The lowest BCUT2D eigenvalue weighted by Gasteiger charge is -2.25. The van der Waals surface area contributed by atoms with Crippen molar-refractivity contribution < 1.29 is 33.3 Å². The van der Waals surface area contributed by atoms with Crippen molar-refractivity contribution in [1.82, 2.24) is 4.57 Å². The average Bonchev–Trinajstić information content (AvgIpc) is 3.26. The largest absolute Gasteiger partial charge is 0.493 e. The van der Waals surface area contributed by atoms with E-state index in [0.717, 1.165) is 5.56 Å². The number of allylic oxidation sites excluding steroid dienone is 1. The van der Waals surface area contributed by atoms with Crippen LogP contribution in [0.25, 0.3) is 6.08 Å². The van der Waals surface area contributed by atoms with Gasteiger partial charge in [0, 0.05) is 5.56 Å². The molecule has 0 aliphatic carbocycles. The van der Waals surface area contributed by atoms with Gasteiger partial charge in [0.1, 0.15) is 5.75 Å². The number of carbonyl (C=O) groups excluding carboxylic acids is 2. The minimum atomic E-state index is -0.844. The molecule has 0 saturated heterocycles. The van der Waals surface area contributed by atoms with Gasteiger partial charge >= 0.3 is 11.9 Å². The highest BCUT2D eigenvalue weighted by atomic mass is 32.1. The van der Waals surface area contributed by atoms with E-state index in [1.165, 1.54) is 23.0 Å². The Morgan fingerprint density at radius 2 is 1.71 bits per heavy atom. The lowest BCUT2D eigenvalue weighted by molar-refractivity contribution is -0.143. The fraction of sp³-hybridized carbons (Fsp3) is 0.333. The molecule has 0 radical (unpaired) electrons. The molecule has 41 heavy (non-hydrogen) atoms. The van der Waals surface area contributed by atoms with E-state index >= 15 is 0 Å². The molecule has 3 aromatic rings. The lowest BCUT2D eigenvalue weighted by atomic mass is 9.95. The first kappa shape index (κ1) is 29.6. The second-order valence-corrected chi connectivity index (χ2v) is 9.79. The van der Waals surface area contributed by atoms with Gasteiger partial charge in [0.15, 0.2) is 22.9 Å². The Morgan fingerprint density at radius 3 is 2.41 bits per heavy atom. The molecule has 2 aromatic carbocycles. The smallest absolute Gasteiger partial charge is 0.343 e. The van der Waals surface area contributed by atoms with Crippen LogP contribution in [0, 0.1) is 0 Å². The van der Waals surface area contributed by atoms with Crippen molar-refractivity contribution in [1.29, 1.82) is 0 Å². The molecule has 4 rings (SSSR count).